The Morgan fingerprint density at radius 3 is 2.72 bits per heavy atom. The van der Waals surface area contributed by atoms with Gasteiger partial charge in [-0.15, -0.1) is 0 Å². The number of hydrogen-bond donors (Lipinski definition) is 1. The largest absolute Gasteiger partial charge is 0.353 e. The molecule has 0 radical (unpaired) electrons. The van der Waals surface area contributed by atoms with Crippen LogP contribution in [-0.4, -0.2) is 43.5 Å². The number of rotatable bonds is 8. The van der Waals surface area contributed by atoms with E-state index in [1.807, 2.05) is 32.0 Å². The van der Waals surface area contributed by atoms with E-state index in [4.69, 9.17) is 0 Å². The molecule has 1 heterocycles. The fourth-order valence-corrected chi connectivity index (χ4v) is 4.85. The number of aryl methyl sites for hydroxylation is 1. The van der Waals surface area contributed by atoms with Crippen LogP contribution in [-0.2, 0) is 21.2 Å². The Hall–Kier alpha value is -1.40. The topological polar surface area (TPSA) is 66.5 Å². The van der Waals surface area contributed by atoms with Crippen molar-refractivity contribution in [3.8, 4) is 0 Å². The lowest BCUT2D eigenvalue weighted by Gasteiger charge is -2.31. The van der Waals surface area contributed by atoms with Crippen molar-refractivity contribution in [1.29, 1.82) is 0 Å². The summed E-state index contributed by atoms with van der Waals surface area (Å²) in [6.07, 6.45) is 3.91. The molecule has 1 aromatic carbocycles. The lowest BCUT2D eigenvalue weighted by atomic mass is 9.98. The van der Waals surface area contributed by atoms with E-state index in [1.165, 1.54) is 9.87 Å². The molecule has 1 saturated heterocycles. The Morgan fingerprint density at radius 2 is 2.04 bits per heavy atom. The molecule has 0 spiro atoms. The second-order valence-corrected chi connectivity index (χ2v) is 9.04. The van der Waals surface area contributed by atoms with Crippen molar-refractivity contribution in [2.45, 2.75) is 52.0 Å². The molecule has 140 valence electrons. The molecule has 0 unspecified atom stereocenters. The highest BCUT2D eigenvalue weighted by molar-refractivity contribution is 7.89. The van der Waals surface area contributed by atoms with E-state index in [0.717, 1.165) is 25.7 Å². The Balaban J connectivity index is 1.83. The molecule has 6 heteroatoms. The molecule has 0 saturated carbocycles. The molecule has 0 aromatic heterocycles. The summed E-state index contributed by atoms with van der Waals surface area (Å²) in [4.78, 5) is 12.5. The van der Waals surface area contributed by atoms with Crippen LogP contribution in [0.3, 0.4) is 0 Å². The van der Waals surface area contributed by atoms with Crippen LogP contribution >= 0.6 is 0 Å². The van der Waals surface area contributed by atoms with Crippen molar-refractivity contribution in [2.24, 2.45) is 5.92 Å². The van der Waals surface area contributed by atoms with Gasteiger partial charge in [0.15, 0.2) is 0 Å². The number of nitrogens with one attached hydrogen (secondary N) is 1. The van der Waals surface area contributed by atoms with Crippen molar-refractivity contribution >= 4 is 15.9 Å². The van der Waals surface area contributed by atoms with Crippen molar-refractivity contribution in [1.82, 2.24) is 9.62 Å². The number of hydrogen-bond acceptors (Lipinski definition) is 3. The average Bonchev–Trinajstić information content (AvgIpc) is 2.61. The third-order valence-corrected chi connectivity index (χ3v) is 6.75. The first-order valence-electron chi connectivity index (χ1n) is 9.24. The fraction of sp³-hybridized carbons (Fsp3) is 0.632. The van der Waals surface area contributed by atoms with Crippen LogP contribution in [0, 0.1) is 5.92 Å². The zero-order valence-electron chi connectivity index (χ0n) is 15.3. The van der Waals surface area contributed by atoms with Crippen LogP contribution in [0.5, 0.6) is 0 Å². The molecular weight excluding hydrogens is 336 g/mol. The Bertz CT molecular complexity index is 646. The van der Waals surface area contributed by atoms with Gasteiger partial charge in [0.05, 0.1) is 11.7 Å². The summed E-state index contributed by atoms with van der Waals surface area (Å²) in [6, 6.07) is 10.3. The van der Waals surface area contributed by atoms with Crippen LogP contribution < -0.4 is 5.32 Å². The Kier molecular flexibility index (Phi) is 7.44. The summed E-state index contributed by atoms with van der Waals surface area (Å²) < 4.78 is 26.0. The van der Waals surface area contributed by atoms with Crippen LogP contribution in [0.2, 0.25) is 0 Å². The Morgan fingerprint density at radius 1 is 1.32 bits per heavy atom. The molecule has 1 aromatic rings. The van der Waals surface area contributed by atoms with Gasteiger partial charge in [-0.2, -0.15) is 0 Å². The van der Waals surface area contributed by atoms with Gasteiger partial charge < -0.3 is 5.32 Å². The summed E-state index contributed by atoms with van der Waals surface area (Å²) in [5, 5.41) is 3.06. The number of benzene rings is 1. The van der Waals surface area contributed by atoms with Gasteiger partial charge in [0.1, 0.15) is 0 Å². The smallest absolute Gasteiger partial charge is 0.224 e. The zero-order valence-corrected chi connectivity index (χ0v) is 16.1. The normalized spacial score (nSPS) is 20.2. The average molecular weight is 367 g/mol. The molecular formula is C19H30N2O3S. The van der Waals surface area contributed by atoms with Gasteiger partial charge in [0.25, 0.3) is 0 Å². The summed E-state index contributed by atoms with van der Waals surface area (Å²) in [7, 11) is -3.22. The molecule has 0 aliphatic carbocycles. The minimum absolute atomic E-state index is 0.0167. The molecule has 1 N–H and O–H groups in total. The minimum Gasteiger partial charge on any atom is -0.353 e. The van der Waals surface area contributed by atoms with Gasteiger partial charge in [-0.1, -0.05) is 37.3 Å². The fourth-order valence-electron chi connectivity index (χ4n) is 3.26. The molecule has 2 atom stereocenters. The first kappa shape index (κ1) is 19.9. The second kappa shape index (κ2) is 9.34. The number of amides is 1. The maximum Gasteiger partial charge on any atom is 0.224 e. The zero-order chi connectivity index (χ0) is 18.3. The van der Waals surface area contributed by atoms with E-state index in [1.54, 1.807) is 0 Å². The maximum atomic E-state index is 12.5. The monoisotopic (exact) mass is 366 g/mol. The molecule has 1 fully saturated rings. The molecule has 2 rings (SSSR count). The summed E-state index contributed by atoms with van der Waals surface area (Å²) in [5.41, 5.74) is 1.26. The molecule has 1 amide bonds. The SMILES string of the molecule is CCCS(=O)(=O)N1CCC[C@H](C(=O)N[C@@H](C)CCc2ccccc2)C1. The highest BCUT2D eigenvalue weighted by Crippen LogP contribution is 2.20. The van der Waals surface area contributed by atoms with E-state index >= 15 is 0 Å². The van der Waals surface area contributed by atoms with E-state index in [9.17, 15) is 13.2 Å². The lowest BCUT2D eigenvalue weighted by molar-refractivity contribution is -0.126. The van der Waals surface area contributed by atoms with Gasteiger partial charge in [-0.3, -0.25) is 4.79 Å². The van der Waals surface area contributed by atoms with Gasteiger partial charge >= 0.3 is 0 Å². The number of carbonyl (C=O) groups is 1. The standard InChI is InChI=1S/C19H30N2O3S/c1-3-14-25(23,24)21-13-7-10-18(15-21)19(22)20-16(2)11-12-17-8-5-4-6-9-17/h4-6,8-9,16,18H,3,7,10-15H2,1-2H3,(H,20,22)/t16-,18-/m0/s1. The Labute approximate surface area is 151 Å². The first-order chi connectivity index (χ1) is 11.9. The van der Waals surface area contributed by atoms with Gasteiger partial charge in [0, 0.05) is 19.1 Å². The number of sulfonamides is 1. The van der Waals surface area contributed by atoms with Gasteiger partial charge in [-0.25, -0.2) is 12.7 Å². The summed E-state index contributed by atoms with van der Waals surface area (Å²) in [6.45, 7) is 4.73. The van der Waals surface area contributed by atoms with Crippen molar-refractivity contribution in [2.75, 3.05) is 18.8 Å². The van der Waals surface area contributed by atoms with Crippen LogP contribution in [0.15, 0.2) is 30.3 Å². The third kappa shape index (κ3) is 6.12. The molecule has 5 nitrogen and oxygen atoms in total. The van der Waals surface area contributed by atoms with E-state index < -0.39 is 10.0 Å². The minimum atomic E-state index is -3.22. The maximum absolute atomic E-state index is 12.5. The van der Waals surface area contributed by atoms with Crippen molar-refractivity contribution in [3.63, 3.8) is 0 Å². The van der Waals surface area contributed by atoms with Crippen molar-refractivity contribution in [3.05, 3.63) is 35.9 Å². The third-order valence-electron chi connectivity index (χ3n) is 4.71. The quantitative estimate of drug-likeness (QED) is 0.769. The van der Waals surface area contributed by atoms with Gasteiger partial charge in [0.2, 0.25) is 15.9 Å². The molecule has 1 aliphatic heterocycles. The predicted molar refractivity (Wildman–Crippen MR) is 101 cm³/mol. The molecule has 0 bridgehead atoms. The predicted octanol–water partition coefficient (Wildman–Crippen LogP) is 2.58. The van der Waals surface area contributed by atoms with Gasteiger partial charge in [-0.05, 0) is 44.6 Å². The summed E-state index contributed by atoms with van der Waals surface area (Å²) >= 11 is 0. The lowest BCUT2D eigenvalue weighted by Crippen LogP contribution is -2.47. The molecule has 1 aliphatic rings. The van der Waals surface area contributed by atoms with Crippen LogP contribution in [0.25, 0.3) is 0 Å². The number of piperidine rings is 1. The van der Waals surface area contributed by atoms with Crippen LogP contribution in [0.4, 0.5) is 0 Å². The molecule has 25 heavy (non-hydrogen) atoms. The van der Waals surface area contributed by atoms with E-state index in [0.29, 0.717) is 19.5 Å². The first-order valence-corrected chi connectivity index (χ1v) is 10.9. The number of carbonyl (C=O) groups excluding carboxylic acids is 1. The second-order valence-electron chi connectivity index (χ2n) is 6.95. The number of nitrogens with zero attached hydrogens (tertiary/aromatic N) is 1. The van der Waals surface area contributed by atoms with Crippen LogP contribution in [0.1, 0.15) is 45.1 Å². The van der Waals surface area contributed by atoms with E-state index in [-0.39, 0.29) is 23.6 Å². The highest BCUT2D eigenvalue weighted by Gasteiger charge is 2.32. The highest BCUT2D eigenvalue weighted by atomic mass is 32.2. The van der Waals surface area contributed by atoms with E-state index in [2.05, 4.69) is 17.4 Å². The summed E-state index contributed by atoms with van der Waals surface area (Å²) in [5.74, 6) is -0.0917. The van der Waals surface area contributed by atoms with Crippen molar-refractivity contribution < 1.29 is 13.2 Å².